The molecule has 0 spiro atoms. The largest absolute Gasteiger partial charge is 0.493 e. The highest BCUT2D eigenvalue weighted by molar-refractivity contribution is 5.52. The molecule has 0 aliphatic rings. The smallest absolute Gasteiger partial charge is 0.220 e. The molecule has 1 aromatic heterocycles. The Morgan fingerprint density at radius 2 is 1.82 bits per heavy atom. The van der Waals surface area contributed by atoms with Gasteiger partial charge in [-0.2, -0.15) is 0 Å². The molecule has 0 N–H and O–H groups in total. The van der Waals surface area contributed by atoms with Gasteiger partial charge in [-0.05, 0) is 24.3 Å². The molecule has 4 nitrogen and oxygen atoms in total. The first-order valence-electron chi connectivity index (χ1n) is 5.06. The molecule has 87 valence electrons. The molecule has 0 aliphatic heterocycles. The van der Waals surface area contributed by atoms with E-state index in [-0.39, 0.29) is 0 Å². The van der Waals surface area contributed by atoms with Gasteiger partial charge < -0.3 is 14.2 Å². The van der Waals surface area contributed by atoms with E-state index in [0.29, 0.717) is 23.1 Å². The van der Waals surface area contributed by atoms with E-state index in [1.54, 1.807) is 44.7 Å². The lowest BCUT2D eigenvalue weighted by Crippen LogP contribution is -1.95. The van der Waals surface area contributed by atoms with Crippen LogP contribution in [0.3, 0.4) is 0 Å². The number of benzene rings is 1. The van der Waals surface area contributed by atoms with E-state index < -0.39 is 0 Å². The Balaban J connectivity index is 2.37. The Morgan fingerprint density at radius 1 is 1.12 bits per heavy atom. The van der Waals surface area contributed by atoms with E-state index in [1.165, 1.54) is 0 Å². The van der Waals surface area contributed by atoms with Gasteiger partial charge in [-0.1, -0.05) is 6.07 Å². The summed E-state index contributed by atoms with van der Waals surface area (Å²) in [5.41, 5.74) is 0. The summed E-state index contributed by atoms with van der Waals surface area (Å²) in [7, 11) is 3.15. The van der Waals surface area contributed by atoms with Crippen molar-refractivity contribution in [2.75, 3.05) is 14.2 Å². The van der Waals surface area contributed by atoms with Gasteiger partial charge in [-0.15, -0.1) is 0 Å². The molecule has 0 aliphatic carbocycles. The van der Waals surface area contributed by atoms with E-state index >= 15 is 0 Å². The van der Waals surface area contributed by atoms with Crippen molar-refractivity contribution in [1.82, 2.24) is 4.98 Å². The fourth-order valence-electron chi connectivity index (χ4n) is 1.39. The fraction of sp³-hybridized carbons (Fsp3) is 0.154. The number of rotatable bonds is 4. The van der Waals surface area contributed by atoms with Crippen LogP contribution in [-0.2, 0) is 0 Å². The standard InChI is InChI=1S/C13H12NO3/c1-15-10-6-5-7-11(16-2)13(10)17-12-8-3-4-9-14-12/h4-9H,1-2H3. The summed E-state index contributed by atoms with van der Waals surface area (Å²) >= 11 is 0. The van der Waals surface area contributed by atoms with Gasteiger partial charge in [0.05, 0.1) is 14.2 Å². The van der Waals surface area contributed by atoms with Crippen molar-refractivity contribution in [2.24, 2.45) is 0 Å². The number of para-hydroxylation sites is 1. The first-order chi connectivity index (χ1) is 8.35. The van der Waals surface area contributed by atoms with Crippen LogP contribution in [0.2, 0.25) is 0 Å². The van der Waals surface area contributed by atoms with Gasteiger partial charge in [0, 0.05) is 12.3 Å². The van der Waals surface area contributed by atoms with Gasteiger partial charge in [-0.3, -0.25) is 0 Å². The van der Waals surface area contributed by atoms with Crippen LogP contribution in [-0.4, -0.2) is 19.2 Å². The number of hydrogen-bond acceptors (Lipinski definition) is 4. The number of ether oxygens (including phenoxy) is 3. The van der Waals surface area contributed by atoms with Gasteiger partial charge >= 0.3 is 0 Å². The minimum Gasteiger partial charge on any atom is -0.493 e. The van der Waals surface area contributed by atoms with Crippen molar-refractivity contribution >= 4 is 0 Å². The van der Waals surface area contributed by atoms with Crippen molar-refractivity contribution < 1.29 is 14.2 Å². The number of aromatic nitrogens is 1. The SMILES string of the molecule is COc1cccc(OC)c1Oc1c[c]ccn1. The average molecular weight is 230 g/mol. The van der Waals surface area contributed by atoms with Crippen LogP contribution < -0.4 is 14.2 Å². The molecule has 0 saturated heterocycles. The minimum atomic E-state index is 0.440. The van der Waals surface area contributed by atoms with Crippen LogP contribution in [0.1, 0.15) is 0 Å². The van der Waals surface area contributed by atoms with E-state index in [4.69, 9.17) is 14.2 Å². The summed E-state index contributed by atoms with van der Waals surface area (Å²) in [6.45, 7) is 0. The van der Waals surface area contributed by atoms with Crippen molar-refractivity contribution in [1.29, 1.82) is 0 Å². The first kappa shape index (κ1) is 11.3. The molecular formula is C13H12NO3. The first-order valence-corrected chi connectivity index (χ1v) is 5.06. The third kappa shape index (κ3) is 2.47. The van der Waals surface area contributed by atoms with E-state index in [0.717, 1.165) is 0 Å². The maximum Gasteiger partial charge on any atom is 0.220 e. The van der Waals surface area contributed by atoms with Crippen molar-refractivity contribution in [3.8, 4) is 23.1 Å². The van der Waals surface area contributed by atoms with Crippen LogP contribution in [0.25, 0.3) is 0 Å². The number of hydrogen-bond donors (Lipinski definition) is 0. The number of nitrogens with zero attached hydrogens (tertiary/aromatic N) is 1. The highest BCUT2D eigenvalue weighted by Gasteiger charge is 2.12. The number of pyridine rings is 1. The zero-order valence-corrected chi connectivity index (χ0v) is 9.64. The van der Waals surface area contributed by atoms with Crippen LogP contribution in [0.5, 0.6) is 23.1 Å². The molecule has 2 rings (SSSR count). The predicted octanol–water partition coefficient (Wildman–Crippen LogP) is 2.69. The van der Waals surface area contributed by atoms with Gasteiger partial charge in [0.1, 0.15) is 0 Å². The quantitative estimate of drug-likeness (QED) is 0.809. The Hall–Kier alpha value is -2.23. The molecule has 2 aromatic rings. The molecule has 0 unspecified atom stereocenters. The molecule has 1 aromatic carbocycles. The maximum atomic E-state index is 5.63. The summed E-state index contributed by atoms with van der Waals surface area (Å²) in [4.78, 5) is 4.06. The average Bonchev–Trinajstić information content (AvgIpc) is 2.40. The molecule has 1 heterocycles. The van der Waals surface area contributed by atoms with Gasteiger partial charge in [0.25, 0.3) is 0 Å². The minimum absolute atomic E-state index is 0.440. The Morgan fingerprint density at radius 3 is 2.35 bits per heavy atom. The molecular weight excluding hydrogens is 218 g/mol. The van der Waals surface area contributed by atoms with E-state index in [1.807, 2.05) is 6.07 Å². The monoisotopic (exact) mass is 230 g/mol. The Bertz CT molecular complexity index is 463. The molecule has 0 fully saturated rings. The van der Waals surface area contributed by atoms with Gasteiger partial charge in [0.15, 0.2) is 11.5 Å². The van der Waals surface area contributed by atoms with E-state index in [2.05, 4.69) is 11.1 Å². The van der Waals surface area contributed by atoms with Crippen LogP contribution in [0, 0.1) is 6.07 Å². The molecule has 0 amide bonds. The maximum absolute atomic E-state index is 5.63. The van der Waals surface area contributed by atoms with Crippen LogP contribution >= 0.6 is 0 Å². The summed E-state index contributed by atoms with van der Waals surface area (Å²) < 4.78 is 16.1. The lowest BCUT2D eigenvalue weighted by molar-refractivity contribution is 0.342. The van der Waals surface area contributed by atoms with Crippen molar-refractivity contribution in [2.45, 2.75) is 0 Å². The zero-order valence-electron chi connectivity index (χ0n) is 9.64. The highest BCUT2D eigenvalue weighted by atomic mass is 16.5. The fourth-order valence-corrected chi connectivity index (χ4v) is 1.39. The summed E-state index contributed by atoms with van der Waals surface area (Å²) in [5.74, 6) is 2.13. The van der Waals surface area contributed by atoms with E-state index in [9.17, 15) is 0 Å². The third-order valence-electron chi connectivity index (χ3n) is 2.17. The second-order valence-electron chi connectivity index (χ2n) is 3.19. The normalized spacial score (nSPS) is 9.76. The van der Waals surface area contributed by atoms with Crippen molar-refractivity contribution in [3.05, 3.63) is 42.6 Å². The molecule has 0 bridgehead atoms. The summed E-state index contributed by atoms with van der Waals surface area (Å²) in [6.07, 6.45) is 1.61. The molecule has 17 heavy (non-hydrogen) atoms. The zero-order chi connectivity index (χ0) is 12.1. The topological polar surface area (TPSA) is 40.6 Å². The second kappa shape index (κ2) is 5.21. The third-order valence-corrected chi connectivity index (χ3v) is 2.17. The predicted molar refractivity (Wildman–Crippen MR) is 62.7 cm³/mol. The second-order valence-corrected chi connectivity index (χ2v) is 3.19. The summed E-state index contributed by atoms with van der Waals surface area (Å²) in [5, 5.41) is 0. The number of methoxy groups -OCH3 is 2. The van der Waals surface area contributed by atoms with Gasteiger partial charge in [-0.25, -0.2) is 4.98 Å². The lowest BCUT2D eigenvalue weighted by Gasteiger charge is -2.12. The molecule has 0 saturated carbocycles. The van der Waals surface area contributed by atoms with Crippen LogP contribution in [0.4, 0.5) is 0 Å². The summed E-state index contributed by atoms with van der Waals surface area (Å²) in [6, 6.07) is 11.7. The lowest BCUT2D eigenvalue weighted by atomic mass is 10.3. The molecule has 1 radical (unpaired) electrons. The molecule has 0 atom stereocenters. The van der Waals surface area contributed by atoms with Crippen LogP contribution in [0.15, 0.2) is 36.5 Å². The Labute approximate surface area is 99.8 Å². The van der Waals surface area contributed by atoms with Gasteiger partial charge in [0.2, 0.25) is 11.6 Å². The molecule has 4 heteroatoms. The Kier molecular flexibility index (Phi) is 3.45. The van der Waals surface area contributed by atoms with Crippen molar-refractivity contribution in [3.63, 3.8) is 0 Å². The highest BCUT2D eigenvalue weighted by Crippen LogP contribution is 2.39.